The van der Waals surface area contributed by atoms with E-state index in [0.717, 1.165) is 6.07 Å². The Balaban J connectivity index is 1.66. The number of hydrogen-bond acceptors (Lipinski definition) is 12. The van der Waals surface area contributed by atoms with Crippen molar-refractivity contribution in [2.75, 3.05) is 21.2 Å². The number of ether oxygens (including phenoxy) is 2. The van der Waals surface area contributed by atoms with E-state index in [2.05, 4.69) is 0 Å². The molecule has 1 amide bonds. The second-order valence-corrected chi connectivity index (χ2v) is 12.4. The zero-order valence-electron chi connectivity index (χ0n) is 26.2. The SMILES string of the molecule is COc1ccc2c(C(C)O[C@@]34C(=O)C5=C(O)c6c(O)cccc6[C@@H](C)[C@@H]5[C@@H](O)[C@@H]3[C@@H](N(C)C)C(=O)C(C(N)=O)=C4O)cc(=O)oc2c1. The van der Waals surface area contributed by atoms with Gasteiger partial charge in [-0.15, -0.1) is 0 Å². The number of nitrogens with zero attached hydrogens (tertiary/aromatic N) is 1. The standard InChI is InChI=1S/C34H34N2O11/c1-13-16-7-6-8-19(37)23(16)28(39)24-22(13)29(40)26-27(36(3)4)30(41)25(33(35)44)32(43)34(26,31(24)42)47-14(2)18-12-21(38)46-20-11-15(45-5)9-10-17(18)20/h6-14,22,26-27,29,37,39-40,43H,1-5H3,(H2,35,44)/t13-,14?,22+,26+,27-,29-,34-/m1/s1. The summed E-state index contributed by atoms with van der Waals surface area (Å²) in [6, 6.07) is 8.95. The Hall–Kier alpha value is -4.98. The van der Waals surface area contributed by atoms with Crippen LogP contribution in [0.3, 0.4) is 0 Å². The van der Waals surface area contributed by atoms with E-state index >= 15 is 4.79 Å². The van der Waals surface area contributed by atoms with Gasteiger partial charge in [-0.3, -0.25) is 19.3 Å². The number of amides is 1. The number of phenolic OH excluding ortho intramolecular Hbond substituents is 1. The van der Waals surface area contributed by atoms with Crippen molar-refractivity contribution in [2.24, 2.45) is 17.6 Å². The van der Waals surface area contributed by atoms with E-state index in [1.807, 2.05) is 0 Å². The van der Waals surface area contributed by atoms with Crippen LogP contribution >= 0.6 is 0 Å². The van der Waals surface area contributed by atoms with E-state index in [1.54, 1.807) is 31.2 Å². The minimum absolute atomic E-state index is 0.0382. The van der Waals surface area contributed by atoms with E-state index in [0.29, 0.717) is 16.7 Å². The fraction of sp³-hybridized carbons (Fsp3) is 0.353. The number of hydrogen-bond donors (Lipinski definition) is 5. The van der Waals surface area contributed by atoms with Gasteiger partial charge in [0.15, 0.2) is 11.4 Å². The van der Waals surface area contributed by atoms with Crippen LogP contribution in [0, 0.1) is 11.8 Å². The summed E-state index contributed by atoms with van der Waals surface area (Å²) < 4.78 is 17.1. The predicted molar refractivity (Wildman–Crippen MR) is 167 cm³/mol. The number of likely N-dealkylation sites (N-methyl/N-ethyl adjacent to an activating group) is 1. The van der Waals surface area contributed by atoms with Crippen molar-refractivity contribution < 1.29 is 48.7 Å². The molecule has 1 unspecified atom stereocenters. The van der Waals surface area contributed by atoms with Gasteiger partial charge < -0.3 is 40.1 Å². The van der Waals surface area contributed by atoms with Gasteiger partial charge >= 0.3 is 5.63 Å². The van der Waals surface area contributed by atoms with Crippen LogP contribution in [-0.2, 0) is 19.1 Å². The molecule has 0 spiro atoms. The highest BCUT2D eigenvalue weighted by Gasteiger charge is 2.70. The Morgan fingerprint density at radius 2 is 1.79 bits per heavy atom. The first-order valence-corrected chi connectivity index (χ1v) is 14.9. The molecule has 1 aromatic heterocycles. The van der Waals surface area contributed by atoms with Gasteiger partial charge in [-0.05, 0) is 56.3 Å². The Morgan fingerprint density at radius 3 is 2.43 bits per heavy atom. The molecule has 1 saturated carbocycles. The molecule has 3 aromatic rings. The molecule has 3 aliphatic carbocycles. The average Bonchev–Trinajstić information content (AvgIpc) is 3.01. The number of rotatable bonds is 6. The molecular weight excluding hydrogens is 612 g/mol. The average molecular weight is 647 g/mol. The van der Waals surface area contributed by atoms with Crippen molar-refractivity contribution in [3.8, 4) is 11.5 Å². The molecule has 0 radical (unpaired) electrons. The van der Waals surface area contributed by atoms with Crippen LogP contribution in [0.5, 0.6) is 11.5 Å². The number of benzene rings is 2. The van der Waals surface area contributed by atoms with Crippen LogP contribution in [-0.4, -0.2) is 81.8 Å². The third kappa shape index (κ3) is 4.41. The molecule has 3 aliphatic rings. The number of phenols is 1. The lowest BCUT2D eigenvalue weighted by Gasteiger charge is -2.56. The summed E-state index contributed by atoms with van der Waals surface area (Å²) in [5.41, 5.74) is 1.64. The number of aliphatic hydroxyl groups is 3. The molecule has 6 rings (SSSR count). The number of nitrogens with two attached hydrogens (primary N) is 1. The number of Topliss-reactive ketones (excluding diaryl/α,β-unsaturated/α-hetero) is 2. The number of carbonyl (C=O) groups is 3. The third-order valence-corrected chi connectivity index (χ3v) is 9.75. The van der Waals surface area contributed by atoms with E-state index in [9.17, 15) is 34.8 Å². The summed E-state index contributed by atoms with van der Waals surface area (Å²) in [5.74, 6) is -8.36. The summed E-state index contributed by atoms with van der Waals surface area (Å²) in [4.78, 5) is 55.8. The predicted octanol–water partition coefficient (Wildman–Crippen LogP) is 2.40. The first-order valence-electron chi connectivity index (χ1n) is 14.9. The van der Waals surface area contributed by atoms with Crippen LogP contribution in [0.25, 0.3) is 16.7 Å². The summed E-state index contributed by atoms with van der Waals surface area (Å²) in [6.45, 7) is 3.18. The van der Waals surface area contributed by atoms with Gasteiger partial charge in [0.05, 0.1) is 36.8 Å². The quantitative estimate of drug-likeness (QED) is 0.193. The largest absolute Gasteiger partial charge is 0.508 e. The molecule has 1 fully saturated rings. The fourth-order valence-electron chi connectivity index (χ4n) is 7.72. The monoisotopic (exact) mass is 646 g/mol. The minimum Gasteiger partial charge on any atom is -0.508 e. The van der Waals surface area contributed by atoms with Crippen LogP contribution in [0.4, 0.5) is 0 Å². The number of carbonyl (C=O) groups excluding carboxylic acids is 3. The van der Waals surface area contributed by atoms with Gasteiger partial charge in [0.2, 0.25) is 5.78 Å². The molecule has 246 valence electrons. The van der Waals surface area contributed by atoms with Crippen molar-refractivity contribution in [2.45, 2.75) is 43.6 Å². The molecule has 1 heterocycles. The molecule has 0 bridgehead atoms. The molecule has 7 atom stereocenters. The van der Waals surface area contributed by atoms with Crippen molar-refractivity contribution in [3.63, 3.8) is 0 Å². The Kier molecular flexibility index (Phi) is 7.54. The molecule has 2 aromatic carbocycles. The highest BCUT2D eigenvalue weighted by atomic mass is 16.5. The highest BCUT2D eigenvalue weighted by Crippen LogP contribution is 2.58. The van der Waals surface area contributed by atoms with Crippen molar-refractivity contribution in [1.82, 2.24) is 4.90 Å². The second-order valence-electron chi connectivity index (χ2n) is 12.4. The van der Waals surface area contributed by atoms with E-state index in [1.165, 1.54) is 45.2 Å². The lowest BCUT2D eigenvalue weighted by Crippen LogP contribution is -2.71. The topological polar surface area (TPSA) is 210 Å². The summed E-state index contributed by atoms with van der Waals surface area (Å²) >= 11 is 0. The van der Waals surface area contributed by atoms with E-state index in [4.69, 9.17) is 19.6 Å². The van der Waals surface area contributed by atoms with Crippen LogP contribution in [0.1, 0.15) is 42.6 Å². The number of methoxy groups -OCH3 is 1. The van der Waals surface area contributed by atoms with Gasteiger partial charge in [-0.25, -0.2) is 4.79 Å². The van der Waals surface area contributed by atoms with Crippen LogP contribution in [0.2, 0.25) is 0 Å². The summed E-state index contributed by atoms with van der Waals surface area (Å²) in [7, 11) is 4.43. The summed E-state index contributed by atoms with van der Waals surface area (Å²) in [6.07, 6.45) is -2.89. The van der Waals surface area contributed by atoms with Crippen molar-refractivity contribution in [3.05, 3.63) is 86.5 Å². The number of ketones is 2. The van der Waals surface area contributed by atoms with Crippen LogP contribution in [0.15, 0.2) is 68.6 Å². The molecule has 0 saturated heterocycles. The molecule has 13 nitrogen and oxygen atoms in total. The Bertz CT molecular complexity index is 1990. The number of primary amides is 1. The number of fused-ring (bicyclic) bond motifs is 4. The zero-order chi connectivity index (χ0) is 34.3. The lowest BCUT2D eigenvalue weighted by molar-refractivity contribution is -0.193. The normalized spacial score (nSPS) is 27.9. The zero-order valence-corrected chi connectivity index (χ0v) is 26.2. The third-order valence-electron chi connectivity index (χ3n) is 9.75. The van der Waals surface area contributed by atoms with Gasteiger partial charge in [0.1, 0.15) is 34.2 Å². The second kappa shape index (κ2) is 11.1. The Morgan fingerprint density at radius 1 is 1.09 bits per heavy atom. The molecule has 0 aliphatic heterocycles. The maximum Gasteiger partial charge on any atom is 0.336 e. The fourth-order valence-corrected chi connectivity index (χ4v) is 7.72. The lowest BCUT2D eigenvalue weighted by atomic mass is 9.54. The van der Waals surface area contributed by atoms with Crippen LogP contribution < -0.4 is 16.1 Å². The smallest absolute Gasteiger partial charge is 0.336 e. The van der Waals surface area contributed by atoms with Gasteiger partial charge in [-0.1, -0.05) is 19.1 Å². The number of aliphatic hydroxyl groups excluding tert-OH is 3. The Labute approximate surface area is 268 Å². The highest BCUT2D eigenvalue weighted by molar-refractivity contribution is 6.24. The maximum absolute atomic E-state index is 15.1. The van der Waals surface area contributed by atoms with Crippen molar-refractivity contribution in [1.29, 1.82) is 0 Å². The van der Waals surface area contributed by atoms with Gasteiger partial charge in [-0.2, -0.15) is 0 Å². The van der Waals surface area contributed by atoms with E-state index < -0.39 is 81.8 Å². The number of aromatic hydroxyl groups is 1. The van der Waals surface area contributed by atoms with Gasteiger partial charge in [0.25, 0.3) is 5.91 Å². The maximum atomic E-state index is 15.1. The molecular formula is C34H34N2O11. The van der Waals surface area contributed by atoms with Crippen molar-refractivity contribution >= 4 is 34.2 Å². The minimum atomic E-state index is -2.68. The molecule has 47 heavy (non-hydrogen) atoms. The first kappa shape index (κ1) is 32.0. The van der Waals surface area contributed by atoms with E-state index in [-0.39, 0.29) is 28.0 Å². The molecule has 6 N–H and O–H groups in total. The van der Waals surface area contributed by atoms with Gasteiger partial charge in [0, 0.05) is 29.0 Å². The first-order chi connectivity index (χ1) is 22.2. The summed E-state index contributed by atoms with van der Waals surface area (Å²) in [5, 5.41) is 46.9. The molecule has 13 heteroatoms.